The van der Waals surface area contributed by atoms with Gasteiger partial charge in [-0.15, -0.1) is 0 Å². The van der Waals surface area contributed by atoms with E-state index in [1.165, 1.54) is 19.3 Å². The van der Waals surface area contributed by atoms with Crippen molar-refractivity contribution in [1.82, 2.24) is 14.8 Å². The zero-order chi connectivity index (χ0) is 14.4. The normalized spacial score (nSPS) is 20.0. The van der Waals surface area contributed by atoms with Crippen molar-refractivity contribution in [2.75, 3.05) is 0 Å². The summed E-state index contributed by atoms with van der Waals surface area (Å²) in [5.74, 6) is -0.435. The summed E-state index contributed by atoms with van der Waals surface area (Å²) in [5, 5.41) is 14.6. The Hall–Kier alpha value is -1.91. The third kappa shape index (κ3) is 2.20. The van der Waals surface area contributed by atoms with Crippen LogP contribution in [0.4, 0.5) is 0 Å². The van der Waals surface area contributed by atoms with Gasteiger partial charge in [-0.05, 0) is 31.7 Å². The van der Waals surface area contributed by atoms with Crippen LogP contribution in [-0.2, 0) is 0 Å². The molecule has 2 saturated carbocycles. The molecule has 5 nitrogen and oxygen atoms in total. The van der Waals surface area contributed by atoms with E-state index < -0.39 is 5.97 Å². The van der Waals surface area contributed by atoms with Crippen molar-refractivity contribution in [3.05, 3.63) is 23.5 Å². The van der Waals surface area contributed by atoms with E-state index >= 15 is 0 Å². The highest BCUT2D eigenvalue weighted by atomic mass is 16.4. The molecule has 0 saturated heterocycles. The van der Waals surface area contributed by atoms with Crippen molar-refractivity contribution in [3.63, 3.8) is 0 Å². The van der Waals surface area contributed by atoms with Crippen molar-refractivity contribution in [1.29, 1.82) is 0 Å². The zero-order valence-corrected chi connectivity index (χ0v) is 12.0. The van der Waals surface area contributed by atoms with Crippen LogP contribution >= 0.6 is 0 Å². The molecule has 0 aliphatic heterocycles. The van der Waals surface area contributed by atoms with Crippen LogP contribution in [0.1, 0.15) is 73.0 Å². The van der Waals surface area contributed by atoms with Gasteiger partial charge in [0.1, 0.15) is 0 Å². The summed E-state index contributed by atoms with van der Waals surface area (Å²) in [6.07, 6.45) is 9.89. The number of aromatic carboxylic acids is 1. The van der Waals surface area contributed by atoms with Gasteiger partial charge in [-0.1, -0.05) is 19.3 Å². The van der Waals surface area contributed by atoms with Gasteiger partial charge in [0.25, 0.3) is 0 Å². The fourth-order valence-electron chi connectivity index (χ4n) is 3.40. The van der Waals surface area contributed by atoms with Crippen LogP contribution in [-0.4, -0.2) is 25.8 Å². The molecule has 0 aromatic carbocycles. The molecular formula is C16H19N3O2. The first kappa shape index (κ1) is 12.8. The Bertz CT molecular complexity index is 697. The lowest BCUT2D eigenvalue weighted by atomic mass is 9.95. The Morgan fingerprint density at radius 1 is 1.19 bits per heavy atom. The second-order valence-corrected chi connectivity index (χ2v) is 6.29. The van der Waals surface area contributed by atoms with Gasteiger partial charge in [-0.2, -0.15) is 5.10 Å². The van der Waals surface area contributed by atoms with Crippen molar-refractivity contribution in [2.45, 2.75) is 56.9 Å². The Labute approximate surface area is 123 Å². The predicted molar refractivity (Wildman–Crippen MR) is 78.6 cm³/mol. The van der Waals surface area contributed by atoms with Crippen LogP contribution in [0, 0.1) is 0 Å². The van der Waals surface area contributed by atoms with Crippen molar-refractivity contribution < 1.29 is 9.90 Å². The van der Waals surface area contributed by atoms with E-state index in [2.05, 4.69) is 5.10 Å². The van der Waals surface area contributed by atoms with Gasteiger partial charge in [0, 0.05) is 11.6 Å². The molecule has 0 radical (unpaired) electrons. The molecule has 5 heteroatoms. The highest BCUT2D eigenvalue weighted by molar-refractivity contribution is 6.01. The summed E-state index contributed by atoms with van der Waals surface area (Å²) in [6.45, 7) is 0. The van der Waals surface area contributed by atoms with E-state index in [1.54, 1.807) is 12.3 Å². The summed E-state index contributed by atoms with van der Waals surface area (Å²) in [6, 6.07) is 2.12. The topological polar surface area (TPSA) is 68.0 Å². The van der Waals surface area contributed by atoms with Crippen LogP contribution in [0.25, 0.3) is 11.0 Å². The second-order valence-electron chi connectivity index (χ2n) is 6.29. The third-order valence-electron chi connectivity index (χ3n) is 4.73. The number of carboxylic acid groups (broad SMARTS) is 1. The molecule has 1 N–H and O–H groups in total. The summed E-state index contributed by atoms with van der Waals surface area (Å²) in [5.41, 5.74) is 2.05. The lowest BCUT2D eigenvalue weighted by Crippen LogP contribution is -2.15. The van der Waals surface area contributed by atoms with Crippen LogP contribution in [0.5, 0.6) is 0 Å². The van der Waals surface area contributed by atoms with Crippen molar-refractivity contribution in [3.8, 4) is 0 Å². The van der Waals surface area contributed by atoms with E-state index in [-0.39, 0.29) is 0 Å². The molecule has 0 atom stereocenters. The molecule has 2 aliphatic carbocycles. The first-order valence-electron chi connectivity index (χ1n) is 7.85. The minimum Gasteiger partial charge on any atom is -0.478 e. The van der Waals surface area contributed by atoms with E-state index in [0.29, 0.717) is 22.9 Å². The molecule has 2 fully saturated rings. The Kier molecular flexibility index (Phi) is 2.94. The average molecular weight is 285 g/mol. The maximum absolute atomic E-state index is 11.5. The number of nitrogens with zero attached hydrogens (tertiary/aromatic N) is 3. The quantitative estimate of drug-likeness (QED) is 0.937. The largest absolute Gasteiger partial charge is 0.478 e. The van der Waals surface area contributed by atoms with Crippen molar-refractivity contribution in [2.24, 2.45) is 0 Å². The van der Waals surface area contributed by atoms with E-state index in [4.69, 9.17) is 4.98 Å². The molecule has 0 unspecified atom stereocenters. The van der Waals surface area contributed by atoms with Crippen LogP contribution < -0.4 is 0 Å². The first-order valence-corrected chi connectivity index (χ1v) is 7.85. The SMILES string of the molecule is O=C(O)c1cc(C2CC2)nc2c1cnn2C1CCCCC1. The van der Waals surface area contributed by atoms with Crippen LogP contribution in [0.3, 0.4) is 0 Å². The standard InChI is InChI=1S/C16H19N3O2/c20-16(21)12-8-14(10-6-7-10)18-15-13(12)9-17-19(15)11-4-2-1-3-5-11/h8-11H,1-7H2,(H,20,21). The van der Waals surface area contributed by atoms with Crippen LogP contribution in [0.2, 0.25) is 0 Å². The van der Waals surface area contributed by atoms with Gasteiger partial charge in [0.05, 0.1) is 23.2 Å². The number of pyridine rings is 1. The molecule has 4 rings (SSSR count). The van der Waals surface area contributed by atoms with Crippen molar-refractivity contribution >= 4 is 17.0 Å². The third-order valence-corrected chi connectivity index (χ3v) is 4.73. The first-order chi connectivity index (χ1) is 10.2. The Morgan fingerprint density at radius 2 is 1.95 bits per heavy atom. The number of hydrogen-bond donors (Lipinski definition) is 1. The molecule has 21 heavy (non-hydrogen) atoms. The van der Waals surface area contributed by atoms with E-state index in [0.717, 1.165) is 37.0 Å². The molecule has 110 valence electrons. The summed E-state index contributed by atoms with van der Waals surface area (Å²) in [4.78, 5) is 16.3. The molecule has 0 spiro atoms. The summed E-state index contributed by atoms with van der Waals surface area (Å²) < 4.78 is 1.98. The van der Waals surface area contributed by atoms with E-state index in [9.17, 15) is 9.90 Å². The van der Waals surface area contributed by atoms with Gasteiger partial charge in [-0.3, -0.25) is 0 Å². The van der Waals surface area contributed by atoms with E-state index in [1.807, 2.05) is 4.68 Å². The fourth-order valence-corrected chi connectivity index (χ4v) is 3.40. The zero-order valence-electron chi connectivity index (χ0n) is 12.0. The lowest BCUT2D eigenvalue weighted by molar-refractivity contribution is 0.0699. The molecule has 2 aromatic rings. The molecular weight excluding hydrogens is 266 g/mol. The van der Waals surface area contributed by atoms with Gasteiger partial charge in [0.15, 0.2) is 5.65 Å². The number of aromatic nitrogens is 3. The second kappa shape index (κ2) is 4.83. The number of hydrogen-bond acceptors (Lipinski definition) is 3. The summed E-state index contributed by atoms with van der Waals surface area (Å²) in [7, 11) is 0. The lowest BCUT2D eigenvalue weighted by Gasteiger charge is -2.22. The van der Waals surface area contributed by atoms with Gasteiger partial charge in [0.2, 0.25) is 0 Å². The predicted octanol–water partition coefficient (Wildman–Crippen LogP) is 3.51. The molecule has 2 aromatic heterocycles. The monoisotopic (exact) mass is 285 g/mol. The Morgan fingerprint density at radius 3 is 2.62 bits per heavy atom. The van der Waals surface area contributed by atoms with Gasteiger partial charge in [-0.25, -0.2) is 14.5 Å². The van der Waals surface area contributed by atoms with Gasteiger partial charge >= 0.3 is 5.97 Å². The smallest absolute Gasteiger partial charge is 0.336 e. The highest BCUT2D eigenvalue weighted by Gasteiger charge is 2.29. The number of carbonyl (C=O) groups is 1. The maximum atomic E-state index is 11.5. The molecule has 2 aliphatic rings. The Balaban J connectivity index is 1.86. The average Bonchev–Trinajstić information content (AvgIpc) is 3.26. The van der Waals surface area contributed by atoms with Crippen LogP contribution in [0.15, 0.2) is 12.3 Å². The highest BCUT2D eigenvalue weighted by Crippen LogP contribution is 2.40. The molecule has 2 heterocycles. The fraction of sp³-hybridized carbons (Fsp3) is 0.562. The van der Waals surface area contributed by atoms with Gasteiger partial charge < -0.3 is 5.11 Å². The summed E-state index contributed by atoms with van der Waals surface area (Å²) >= 11 is 0. The minimum atomic E-state index is -0.882. The molecule has 0 bridgehead atoms. The minimum absolute atomic E-state index is 0.351. The maximum Gasteiger partial charge on any atom is 0.336 e. The number of carboxylic acids is 1. The number of fused-ring (bicyclic) bond motifs is 1. The molecule has 0 amide bonds. The number of rotatable bonds is 3.